The van der Waals surface area contributed by atoms with Gasteiger partial charge in [-0.3, -0.25) is 9.89 Å². The maximum Gasteiger partial charge on any atom is 0.407 e. The van der Waals surface area contributed by atoms with Crippen LogP contribution in [0.2, 0.25) is 0 Å². The molecule has 9 heteroatoms. The van der Waals surface area contributed by atoms with Crippen molar-refractivity contribution < 1.29 is 14.3 Å². The first-order valence-corrected chi connectivity index (χ1v) is 10.6. The topological polar surface area (TPSA) is 109 Å². The zero-order chi connectivity index (χ0) is 20.2. The summed E-state index contributed by atoms with van der Waals surface area (Å²) in [4.78, 5) is 28.3. The Morgan fingerprint density at radius 1 is 1.34 bits per heavy atom. The predicted octanol–water partition coefficient (Wildman–Crippen LogP) is 3.58. The number of anilines is 1. The molecule has 0 saturated heterocycles. The van der Waals surface area contributed by atoms with Gasteiger partial charge in [0.2, 0.25) is 5.91 Å². The van der Waals surface area contributed by atoms with E-state index in [-0.39, 0.29) is 30.4 Å². The molecule has 3 N–H and O–H groups in total. The number of aromatic nitrogens is 3. The van der Waals surface area contributed by atoms with Gasteiger partial charge in [0.05, 0.1) is 28.8 Å². The summed E-state index contributed by atoms with van der Waals surface area (Å²) in [5.74, 6) is 0.673. The van der Waals surface area contributed by atoms with E-state index in [1.165, 1.54) is 11.3 Å². The minimum absolute atomic E-state index is 0.0975. The van der Waals surface area contributed by atoms with E-state index in [1.807, 2.05) is 24.3 Å². The molecule has 0 bridgehead atoms. The zero-order valence-electron chi connectivity index (χ0n) is 16.1. The molecular weight excluding hydrogens is 390 g/mol. The van der Waals surface area contributed by atoms with Crippen molar-refractivity contribution in [2.75, 3.05) is 11.9 Å². The van der Waals surface area contributed by atoms with Crippen molar-refractivity contribution in [2.45, 2.75) is 44.6 Å². The molecule has 3 aromatic rings. The highest BCUT2D eigenvalue weighted by molar-refractivity contribution is 7.17. The number of alkyl carbamates (subject to hydrolysis) is 1. The van der Waals surface area contributed by atoms with Crippen LogP contribution < -0.4 is 10.6 Å². The minimum Gasteiger partial charge on any atom is -0.450 e. The van der Waals surface area contributed by atoms with Crippen LogP contribution in [0.15, 0.2) is 29.8 Å². The van der Waals surface area contributed by atoms with Gasteiger partial charge in [0, 0.05) is 23.7 Å². The van der Waals surface area contributed by atoms with Crippen LogP contribution in [0.3, 0.4) is 0 Å². The Balaban J connectivity index is 1.33. The molecule has 4 rings (SSSR count). The van der Waals surface area contributed by atoms with Crippen LogP contribution in [-0.4, -0.2) is 39.8 Å². The number of nitrogens with one attached hydrogen (secondary N) is 3. The van der Waals surface area contributed by atoms with Gasteiger partial charge < -0.3 is 15.4 Å². The molecule has 1 aromatic carbocycles. The lowest BCUT2D eigenvalue weighted by molar-refractivity contribution is -0.115. The van der Waals surface area contributed by atoms with E-state index in [9.17, 15) is 9.59 Å². The lowest BCUT2D eigenvalue weighted by Crippen LogP contribution is -2.33. The number of H-pyrrole nitrogens is 1. The number of amides is 2. The molecule has 1 saturated carbocycles. The quantitative estimate of drug-likeness (QED) is 0.572. The Morgan fingerprint density at radius 3 is 3.10 bits per heavy atom. The molecule has 2 heterocycles. The average molecular weight is 414 g/mol. The van der Waals surface area contributed by atoms with Gasteiger partial charge in [0.15, 0.2) is 5.82 Å². The fourth-order valence-electron chi connectivity index (χ4n) is 3.79. The van der Waals surface area contributed by atoms with Crippen LogP contribution in [0.4, 0.5) is 10.6 Å². The van der Waals surface area contributed by atoms with E-state index in [1.54, 1.807) is 12.4 Å². The summed E-state index contributed by atoms with van der Waals surface area (Å²) in [6.07, 6.45) is 2.56. The van der Waals surface area contributed by atoms with Crippen LogP contribution in [-0.2, 0) is 16.0 Å². The first-order valence-electron chi connectivity index (χ1n) is 9.72. The number of thiazole rings is 1. The van der Waals surface area contributed by atoms with Crippen LogP contribution >= 0.6 is 11.3 Å². The molecule has 29 heavy (non-hydrogen) atoms. The van der Waals surface area contributed by atoms with Crippen molar-refractivity contribution in [2.24, 2.45) is 0 Å². The van der Waals surface area contributed by atoms with Gasteiger partial charge in [-0.05, 0) is 37.8 Å². The van der Waals surface area contributed by atoms with Gasteiger partial charge in [0.25, 0.3) is 0 Å². The highest BCUT2D eigenvalue weighted by Gasteiger charge is 2.28. The number of hydrogen-bond donors (Lipinski definition) is 3. The zero-order valence-corrected chi connectivity index (χ0v) is 16.9. The van der Waals surface area contributed by atoms with E-state index >= 15 is 0 Å². The number of hydrogen-bond acceptors (Lipinski definition) is 6. The SMILES string of the molecule is CCOC(=O)N[C@@H]1CC[C@H](c2cc(NC(=O)Cc3cccc4ncsc34)n[nH]2)C1. The van der Waals surface area contributed by atoms with Gasteiger partial charge in [-0.15, -0.1) is 11.3 Å². The molecule has 0 unspecified atom stereocenters. The summed E-state index contributed by atoms with van der Waals surface area (Å²) < 4.78 is 5.98. The number of benzene rings is 1. The number of carbonyl (C=O) groups excluding carboxylic acids is 2. The van der Waals surface area contributed by atoms with E-state index in [2.05, 4.69) is 25.8 Å². The third-order valence-corrected chi connectivity index (χ3v) is 6.04. The third-order valence-electron chi connectivity index (χ3n) is 5.12. The monoisotopic (exact) mass is 413 g/mol. The van der Waals surface area contributed by atoms with E-state index < -0.39 is 0 Å². The van der Waals surface area contributed by atoms with Crippen LogP contribution in [0.5, 0.6) is 0 Å². The summed E-state index contributed by atoms with van der Waals surface area (Å²) in [6.45, 7) is 2.15. The second-order valence-electron chi connectivity index (χ2n) is 7.12. The normalized spacial score (nSPS) is 18.7. The summed E-state index contributed by atoms with van der Waals surface area (Å²) >= 11 is 1.54. The maximum absolute atomic E-state index is 12.5. The number of carbonyl (C=O) groups is 2. The van der Waals surface area contributed by atoms with Crippen molar-refractivity contribution in [3.05, 3.63) is 41.0 Å². The molecule has 2 aromatic heterocycles. The number of nitrogens with zero attached hydrogens (tertiary/aromatic N) is 2. The van der Waals surface area contributed by atoms with E-state index in [0.29, 0.717) is 12.4 Å². The summed E-state index contributed by atoms with van der Waals surface area (Å²) in [6, 6.07) is 7.78. The maximum atomic E-state index is 12.5. The molecule has 0 spiro atoms. The molecule has 1 aliphatic carbocycles. The molecule has 1 aliphatic rings. The molecule has 2 atom stereocenters. The highest BCUT2D eigenvalue weighted by atomic mass is 32.1. The Kier molecular flexibility index (Phi) is 5.75. The fourth-order valence-corrected chi connectivity index (χ4v) is 4.59. The third kappa shape index (κ3) is 4.56. The lowest BCUT2D eigenvalue weighted by atomic mass is 10.0. The average Bonchev–Trinajstić information content (AvgIpc) is 3.42. The smallest absolute Gasteiger partial charge is 0.407 e. The second-order valence-corrected chi connectivity index (χ2v) is 7.98. The van der Waals surface area contributed by atoms with Crippen molar-refractivity contribution in [3.63, 3.8) is 0 Å². The number of aromatic amines is 1. The Bertz CT molecular complexity index is 1010. The largest absolute Gasteiger partial charge is 0.450 e. The Morgan fingerprint density at radius 2 is 2.24 bits per heavy atom. The van der Waals surface area contributed by atoms with Crippen molar-refractivity contribution >= 4 is 39.4 Å². The van der Waals surface area contributed by atoms with E-state index in [4.69, 9.17) is 4.74 Å². The summed E-state index contributed by atoms with van der Waals surface area (Å²) in [5, 5.41) is 13.0. The summed E-state index contributed by atoms with van der Waals surface area (Å²) in [7, 11) is 0. The first kappa shape index (κ1) is 19.4. The van der Waals surface area contributed by atoms with Crippen molar-refractivity contribution in [3.8, 4) is 0 Å². The lowest BCUT2D eigenvalue weighted by Gasteiger charge is -2.12. The van der Waals surface area contributed by atoms with Crippen LogP contribution in [0.25, 0.3) is 10.2 Å². The Labute approximate surface area is 172 Å². The first-order chi connectivity index (χ1) is 14.1. The van der Waals surface area contributed by atoms with Crippen LogP contribution in [0, 0.1) is 0 Å². The minimum atomic E-state index is -0.369. The molecule has 2 amide bonds. The number of fused-ring (bicyclic) bond motifs is 1. The van der Waals surface area contributed by atoms with E-state index in [0.717, 1.165) is 40.7 Å². The second kappa shape index (κ2) is 8.60. The van der Waals surface area contributed by atoms with Gasteiger partial charge in [0.1, 0.15) is 0 Å². The van der Waals surface area contributed by atoms with Gasteiger partial charge in [-0.1, -0.05) is 12.1 Å². The fraction of sp³-hybridized carbons (Fsp3) is 0.400. The highest BCUT2D eigenvalue weighted by Crippen LogP contribution is 2.34. The predicted molar refractivity (Wildman–Crippen MR) is 111 cm³/mol. The van der Waals surface area contributed by atoms with Crippen LogP contribution in [0.1, 0.15) is 43.4 Å². The molecule has 0 radical (unpaired) electrons. The molecule has 1 fully saturated rings. The molecule has 0 aliphatic heterocycles. The van der Waals surface area contributed by atoms with Gasteiger partial charge in [-0.25, -0.2) is 9.78 Å². The molecule has 152 valence electrons. The standard InChI is InChI=1S/C20H23N5O3S/c1-2-28-20(27)22-14-7-6-12(8-14)16-10-17(25-24-16)23-18(26)9-13-4-3-5-15-19(13)29-11-21-15/h3-5,10-12,14H,2,6-9H2,1H3,(H,22,27)(H2,23,24,25,26)/t12-,14+/m0/s1. The Hall–Kier alpha value is -2.94. The summed E-state index contributed by atoms with van der Waals surface area (Å²) in [5.41, 5.74) is 4.63. The number of ether oxygens (including phenoxy) is 1. The molecular formula is C20H23N5O3S. The number of rotatable bonds is 6. The van der Waals surface area contributed by atoms with Crippen molar-refractivity contribution in [1.82, 2.24) is 20.5 Å². The van der Waals surface area contributed by atoms with Gasteiger partial charge in [-0.2, -0.15) is 5.10 Å². The van der Waals surface area contributed by atoms with Gasteiger partial charge >= 0.3 is 6.09 Å². The molecule has 8 nitrogen and oxygen atoms in total. The van der Waals surface area contributed by atoms with Crippen molar-refractivity contribution in [1.29, 1.82) is 0 Å².